The van der Waals surface area contributed by atoms with Crippen molar-refractivity contribution in [2.45, 2.75) is 44.8 Å². The van der Waals surface area contributed by atoms with E-state index in [1.807, 2.05) is 18.2 Å². The van der Waals surface area contributed by atoms with E-state index in [0.29, 0.717) is 30.8 Å². The van der Waals surface area contributed by atoms with Crippen LogP contribution in [0.3, 0.4) is 0 Å². The number of benzene rings is 2. The Morgan fingerprint density at radius 3 is 2.93 bits per heavy atom. The standard InChI is InChI=1S/C23H28ClNO4/c1-2-28-23(27)10-11-29-21-9-7-16-6-8-20(13-18(16)14-21)25-15-22(26)17-4-3-5-19(24)12-17/h3-5,7,9,12,14,20,22,25-26H,2,6,8,10-11,13,15H2,1H3/t20-,22-/m0/s1. The van der Waals surface area contributed by atoms with Gasteiger partial charge in [-0.25, -0.2) is 0 Å². The van der Waals surface area contributed by atoms with Gasteiger partial charge in [0.2, 0.25) is 0 Å². The molecule has 0 radical (unpaired) electrons. The highest BCUT2D eigenvalue weighted by Crippen LogP contribution is 2.26. The van der Waals surface area contributed by atoms with Gasteiger partial charge in [0.1, 0.15) is 5.75 Å². The minimum absolute atomic E-state index is 0.243. The largest absolute Gasteiger partial charge is 0.493 e. The second-order valence-electron chi connectivity index (χ2n) is 7.25. The van der Waals surface area contributed by atoms with Gasteiger partial charge in [-0.1, -0.05) is 29.8 Å². The average Bonchev–Trinajstić information content (AvgIpc) is 2.72. The molecular weight excluding hydrogens is 390 g/mol. The maximum Gasteiger partial charge on any atom is 0.309 e. The molecule has 156 valence electrons. The lowest BCUT2D eigenvalue weighted by atomic mass is 9.88. The van der Waals surface area contributed by atoms with Crippen LogP contribution in [0.15, 0.2) is 42.5 Å². The van der Waals surface area contributed by atoms with Crippen LogP contribution in [0.4, 0.5) is 0 Å². The quantitative estimate of drug-likeness (QED) is 0.606. The fraction of sp³-hybridized carbons (Fsp3) is 0.435. The number of aliphatic hydroxyl groups excluding tert-OH is 1. The van der Waals surface area contributed by atoms with Gasteiger partial charge in [0.15, 0.2) is 0 Å². The summed E-state index contributed by atoms with van der Waals surface area (Å²) in [4.78, 5) is 11.4. The van der Waals surface area contributed by atoms with Crippen molar-refractivity contribution in [3.05, 3.63) is 64.2 Å². The van der Waals surface area contributed by atoms with E-state index in [4.69, 9.17) is 21.1 Å². The third-order valence-corrected chi connectivity index (χ3v) is 5.35. The molecule has 2 aromatic carbocycles. The van der Waals surface area contributed by atoms with Gasteiger partial charge >= 0.3 is 5.97 Å². The molecule has 3 rings (SSSR count). The predicted octanol–water partition coefficient (Wildman–Crippen LogP) is 3.85. The molecule has 1 aliphatic carbocycles. The summed E-state index contributed by atoms with van der Waals surface area (Å²) in [6.07, 6.45) is 2.55. The smallest absolute Gasteiger partial charge is 0.309 e. The van der Waals surface area contributed by atoms with Crippen molar-refractivity contribution >= 4 is 17.6 Å². The van der Waals surface area contributed by atoms with Gasteiger partial charge in [-0.3, -0.25) is 4.79 Å². The summed E-state index contributed by atoms with van der Waals surface area (Å²) in [7, 11) is 0. The van der Waals surface area contributed by atoms with Gasteiger partial charge in [0.25, 0.3) is 0 Å². The van der Waals surface area contributed by atoms with Crippen molar-refractivity contribution in [3.8, 4) is 5.75 Å². The summed E-state index contributed by atoms with van der Waals surface area (Å²) >= 11 is 6.01. The summed E-state index contributed by atoms with van der Waals surface area (Å²) in [5, 5.41) is 14.5. The number of hydrogen-bond donors (Lipinski definition) is 2. The van der Waals surface area contributed by atoms with Crippen LogP contribution in [0.25, 0.3) is 0 Å². The molecular formula is C23H28ClNO4. The number of hydrogen-bond acceptors (Lipinski definition) is 5. The summed E-state index contributed by atoms with van der Waals surface area (Å²) in [5.74, 6) is 0.528. The Kier molecular flexibility index (Phi) is 7.92. The number of aliphatic hydroxyl groups is 1. The van der Waals surface area contributed by atoms with Crippen LogP contribution in [0, 0.1) is 0 Å². The molecule has 29 heavy (non-hydrogen) atoms. The number of aryl methyl sites for hydroxylation is 1. The fourth-order valence-electron chi connectivity index (χ4n) is 3.59. The molecule has 0 unspecified atom stereocenters. The van der Waals surface area contributed by atoms with Crippen LogP contribution < -0.4 is 10.1 Å². The molecule has 6 heteroatoms. The highest BCUT2D eigenvalue weighted by Gasteiger charge is 2.20. The monoisotopic (exact) mass is 417 g/mol. The highest BCUT2D eigenvalue weighted by molar-refractivity contribution is 6.30. The van der Waals surface area contributed by atoms with E-state index in [-0.39, 0.29) is 12.4 Å². The Balaban J connectivity index is 1.50. The van der Waals surface area contributed by atoms with Crippen molar-refractivity contribution in [1.29, 1.82) is 0 Å². The first-order valence-electron chi connectivity index (χ1n) is 10.1. The Labute approximate surface area is 177 Å². The van der Waals surface area contributed by atoms with E-state index in [2.05, 4.69) is 17.4 Å². The van der Waals surface area contributed by atoms with Crippen molar-refractivity contribution in [3.63, 3.8) is 0 Å². The van der Waals surface area contributed by atoms with Gasteiger partial charge < -0.3 is 19.9 Å². The van der Waals surface area contributed by atoms with E-state index in [1.165, 1.54) is 11.1 Å². The second kappa shape index (κ2) is 10.6. The molecule has 1 aliphatic rings. The molecule has 0 aliphatic heterocycles. The number of halogens is 1. The van der Waals surface area contributed by atoms with E-state index in [0.717, 1.165) is 30.6 Å². The number of nitrogens with one attached hydrogen (secondary N) is 1. The summed E-state index contributed by atoms with van der Waals surface area (Å²) in [6, 6.07) is 13.7. The number of esters is 1. The SMILES string of the molecule is CCOC(=O)CCOc1ccc2c(c1)C[C@@H](NC[C@H](O)c1cccc(Cl)c1)CC2. The molecule has 0 fully saturated rings. The molecule has 2 atom stereocenters. The first-order valence-corrected chi connectivity index (χ1v) is 10.5. The van der Waals surface area contributed by atoms with Crippen LogP contribution in [0.2, 0.25) is 5.02 Å². The van der Waals surface area contributed by atoms with Crippen LogP contribution in [-0.2, 0) is 22.4 Å². The molecule has 0 aromatic heterocycles. The zero-order chi connectivity index (χ0) is 20.6. The van der Waals surface area contributed by atoms with E-state index < -0.39 is 6.10 Å². The third-order valence-electron chi connectivity index (χ3n) is 5.12. The van der Waals surface area contributed by atoms with Crippen LogP contribution in [0.1, 0.15) is 42.6 Å². The van der Waals surface area contributed by atoms with Crippen molar-refractivity contribution in [1.82, 2.24) is 5.32 Å². The van der Waals surface area contributed by atoms with E-state index >= 15 is 0 Å². The van der Waals surface area contributed by atoms with E-state index in [1.54, 1.807) is 19.1 Å². The molecule has 0 saturated heterocycles. The molecule has 0 amide bonds. The number of ether oxygens (including phenoxy) is 2. The summed E-state index contributed by atoms with van der Waals surface area (Å²) in [5.41, 5.74) is 3.40. The van der Waals surface area contributed by atoms with Crippen LogP contribution in [-0.4, -0.2) is 36.9 Å². The lowest BCUT2D eigenvalue weighted by molar-refractivity contribution is -0.143. The number of fused-ring (bicyclic) bond motifs is 1. The van der Waals surface area contributed by atoms with E-state index in [9.17, 15) is 9.90 Å². The minimum atomic E-state index is -0.590. The lowest BCUT2D eigenvalue weighted by Gasteiger charge is -2.27. The molecule has 2 aromatic rings. The molecule has 0 saturated carbocycles. The maximum atomic E-state index is 11.4. The molecule has 0 bridgehead atoms. The second-order valence-corrected chi connectivity index (χ2v) is 7.69. The highest BCUT2D eigenvalue weighted by atomic mass is 35.5. The molecule has 0 spiro atoms. The molecule has 5 nitrogen and oxygen atoms in total. The normalized spacial score (nSPS) is 16.7. The van der Waals surface area contributed by atoms with Gasteiger partial charge in [-0.05, 0) is 67.1 Å². The van der Waals surface area contributed by atoms with Crippen LogP contribution >= 0.6 is 11.6 Å². The number of carbonyl (C=O) groups excluding carboxylic acids is 1. The van der Waals surface area contributed by atoms with Gasteiger partial charge in [-0.2, -0.15) is 0 Å². The molecule has 2 N–H and O–H groups in total. The predicted molar refractivity (Wildman–Crippen MR) is 113 cm³/mol. The Hall–Kier alpha value is -2.08. The zero-order valence-corrected chi connectivity index (χ0v) is 17.5. The number of rotatable bonds is 9. The Morgan fingerprint density at radius 2 is 2.14 bits per heavy atom. The summed E-state index contributed by atoms with van der Waals surface area (Å²) in [6.45, 7) is 2.97. The Morgan fingerprint density at radius 1 is 1.28 bits per heavy atom. The van der Waals surface area contributed by atoms with Gasteiger partial charge in [0, 0.05) is 17.6 Å². The van der Waals surface area contributed by atoms with Gasteiger partial charge in [0.05, 0.1) is 25.7 Å². The lowest BCUT2D eigenvalue weighted by Crippen LogP contribution is -2.37. The topological polar surface area (TPSA) is 67.8 Å². The van der Waals surface area contributed by atoms with Gasteiger partial charge in [-0.15, -0.1) is 0 Å². The Bertz CT molecular complexity index is 826. The first-order chi connectivity index (χ1) is 14.0. The van der Waals surface area contributed by atoms with Crippen molar-refractivity contribution in [2.24, 2.45) is 0 Å². The zero-order valence-electron chi connectivity index (χ0n) is 16.7. The maximum absolute atomic E-state index is 11.4. The van der Waals surface area contributed by atoms with Crippen molar-refractivity contribution < 1.29 is 19.4 Å². The first kappa shape index (κ1) is 21.6. The summed E-state index contributed by atoms with van der Waals surface area (Å²) < 4.78 is 10.6. The minimum Gasteiger partial charge on any atom is -0.493 e. The fourth-order valence-corrected chi connectivity index (χ4v) is 3.79. The average molecular weight is 418 g/mol. The van der Waals surface area contributed by atoms with Crippen LogP contribution in [0.5, 0.6) is 5.75 Å². The number of carbonyl (C=O) groups is 1. The molecule has 0 heterocycles. The third kappa shape index (κ3) is 6.46. The van der Waals surface area contributed by atoms with Crippen molar-refractivity contribution in [2.75, 3.05) is 19.8 Å².